The van der Waals surface area contributed by atoms with Gasteiger partial charge in [-0.05, 0) is 50.9 Å². The second kappa shape index (κ2) is 3.95. The predicted molar refractivity (Wildman–Crippen MR) is 66.2 cm³/mol. The van der Waals surface area contributed by atoms with Crippen LogP contribution < -0.4 is 11.5 Å². The van der Waals surface area contributed by atoms with Crippen LogP contribution in [0.1, 0.15) is 44.9 Å². The Morgan fingerprint density at radius 3 is 2.35 bits per heavy atom. The van der Waals surface area contributed by atoms with Crippen LogP contribution in [0.2, 0.25) is 0 Å². The molecule has 4 heteroatoms. The van der Waals surface area contributed by atoms with Gasteiger partial charge in [0.25, 0.3) is 0 Å². The maximum atomic E-state index is 11.4. The summed E-state index contributed by atoms with van der Waals surface area (Å²) in [6.45, 7) is 1.23. The van der Waals surface area contributed by atoms with E-state index in [1.165, 1.54) is 32.2 Å². The molecule has 1 amide bonds. The number of rotatable bonds is 5. The summed E-state index contributed by atoms with van der Waals surface area (Å²) in [7, 11) is 0. The number of primary amides is 1. The molecular formula is C13H23N3O. The highest BCUT2D eigenvalue weighted by atomic mass is 16.1. The van der Waals surface area contributed by atoms with Crippen LogP contribution in [-0.2, 0) is 4.79 Å². The highest BCUT2D eigenvalue weighted by Gasteiger charge is 2.46. The topological polar surface area (TPSA) is 72.3 Å². The third-order valence-electron chi connectivity index (χ3n) is 4.67. The summed E-state index contributed by atoms with van der Waals surface area (Å²) in [5, 5.41) is 0. The smallest absolute Gasteiger partial charge is 0.237 e. The molecule has 0 aromatic rings. The number of carbonyl (C=O) groups is 1. The maximum absolute atomic E-state index is 11.4. The van der Waals surface area contributed by atoms with Crippen molar-refractivity contribution in [3.63, 3.8) is 0 Å². The fraction of sp³-hybridized carbons (Fsp3) is 0.923. The van der Waals surface area contributed by atoms with E-state index in [2.05, 4.69) is 4.90 Å². The maximum Gasteiger partial charge on any atom is 0.237 e. The Bertz CT molecular complexity index is 325. The Morgan fingerprint density at radius 1 is 1.18 bits per heavy atom. The predicted octanol–water partition coefficient (Wildman–Crippen LogP) is 0.596. The van der Waals surface area contributed by atoms with E-state index >= 15 is 0 Å². The number of nitrogens with zero attached hydrogens (tertiary/aromatic N) is 1. The van der Waals surface area contributed by atoms with Gasteiger partial charge in [-0.3, -0.25) is 9.69 Å². The molecule has 4 N–H and O–H groups in total. The summed E-state index contributed by atoms with van der Waals surface area (Å²) in [4.78, 5) is 14.0. The average molecular weight is 237 g/mol. The van der Waals surface area contributed by atoms with Gasteiger partial charge in [-0.15, -0.1) is 0 Å². The number of nitrogens with two attached hydrogens (primary N) is 2. The molecule has 3 rings (SSSR count). The van der Waals surface area contributed by atoms with Crippen LogP contribution in [0, 0.1) is 5.92 Å². The second-order valence-corrected chi connectivity index (χ2v) is 6.29. The van der Waals surface area contributed by atoms with Crippen molar-refractivity contribution in [1.29, 1.82) is 0 Å². The molecule has 2 unspecified atom stereocenters. The number of hydrogen-bond donors (Lipinski definition) is 2. The quantitative estimate of drug-likeness (QED) is 0.735. The molecule has 0 aromatic carbocycles. The van der Waals surface area contributed by atoms with Gasteiger partial charge in [-0.25, -0.2) is 0 Å². The van der Waals surface area contributed by atoms with Gasteiger partial charge in [0.05, 0.1) is 5.54 Å². The first-order valence-electron chi connectivity index (χ1n) is 6.93. The zero-order chi connectivity index (χ0) is 12.0. The standard InChI is InChI=1S/C13H23N3O/c14-12(17)13(15)6-5-11(7-13)16(10-3-4-10)8-9-1-2-9/h9-11H,1-8,15H2,(H2,14,17). The molecule has 4 nitrogen and oxygen atoms in total. The first-order chi connectivity index (χ1) is 8.08. The van der Waals surface area contributed by atoms with E-state index in [0.29, 0.717) is 6.04 Å². The van der Waals surface area contributed by atoms with Gasteiger partial charge in [0, 0.05) is 18.6 Å². The Labute approximate surface area is 103 Å². The van der Waals surface area contributed by atoms with Gasteiger partial charge in [-0.1, -0.05) is 0 Å². The van der Waals surface area contributed by atoms with Gasteiger partial charge in [0.2, 0.25) is 5.91 Å². The summed E-state index contributed by atoms with van der Waals surface area (Å²) in [6.07, 6.45) is 8.02. The lowest BCUT2D eigenvalue weighted by Crippen LogP contribution is -2.51. The molecule has 17 heavy (non-hydrogen) atoms. The molecular weight excluding hydrogens is 214 g/mol. The molecule has 3 aliphatic rings. The van der Waals surface area contributed by atoms with Gasteiger partial charge in [-0.2, -0.15) is 0 Å². The lowest BCUT2D eigenvalue weighted by molar-refractivity contribution is -0.123. The average Bonchev–Trinajstić information content (AvgIpc) is 3.16. The molecule has 0 radical (unpaired) electrons. The minimum absolute atomic E-state index is 0.317. The van der Waals surface area contributed by atoms with Crippen molar-refractivity contribution < 1.29 is 4.79 Å². The van der Waals surface area contributed by atoms with Crippen LogP contribution in [0.25, 0.3) is 0 Å². The lowest BCUT2D eigenvalue weighted by atomic mass is 9.98. The third kappa shape index (κ3) is 2.33. The highest BCUT2D eigenvalue weighted by Crippen LogP contribution is 2.40. The normalized spacial score (nSPS) is 37.6. The first kappa shape index (κ1) is 11.5. The largest absolute Gasteiger partial charge is 0.368 e. The Kier molecular flexibility index (Phi) is 2.67. The van der Waals surface area contributed by atoms with Gasteiger partial charge < -0.3 is 11.5 Å². The molecule has 0 heterocycles. The van der Waals surface area contributed by atoms with E-state index in [0.717, 1.165) is 31.2 Å². The van der Waals surface area contributed by atoms with Crippen molar-refractivity contribution in [3.8, 4) is 0 Å². The first-order valence-corrected chi connectivity index (χ1v) is 6.93. The number of hydrogen-bond acceptors (Lipinski definition) is 3. The van der Waals surface area contributed by atoms with Crippen LogP contribution in [0.4, 0.5) is 0 Å². The van der Waals surface area contributed by atoms with Crippen molar-refractivity contribution in [2.45, 2.75) is 62.6 Å². The zero-order valence-electron chi connectivity index (χ0n) is 10.4. The SMILES string of the molecule is NC(=O)C1(N)CCC(N(CC2CC2)C2CC2)C1. The van der Waals surface area contributed by atoms with E-state index < -0.39 is 5.54 Å². The molecule has 0 spiro atoms. The Balaban J connectivity index is 1.64. The molecule has 96 valence electrons. The van der Waals surface area contributed by atoms with Crippen LogP contribution >= 0.6 is 0 Å². The Hall–Kier alpha value is -0.610. The van der Waals surface area contributed by atoms with Crippen molar-refractivity contribution >= 4 is 5.91 Å². The monoisotopic (exact) mass is 237 g/mol. The van der Waals surface area contributed by atoms with Crippen molar-refractivity contribution in [2.24, 2.45) is 17.4 Å². The van der Waals surface area contributed by atoms with E-state index in [-0.39, 0.29) is 5.91 Å². The van der Waals surface area contributed by atoms with E-state index in [9.17, 15) is 4.79 Å². The molecule has 3 fully saturated rings. The molecule has 3 saturated carbocycles. The van der Waals surface area contributed by atoms with Crippen molar-refractivity contribution in [2.75, 3.05) is 6.54 Å². The summed E-state index contributed by atoms with van der Waals surface area (Å²) in [5.41, 5.74) is 10.8. The van der Waals surface area contributed by atoms with Gasteiger partial charge in [0.1, 0.15) is 0 Å². The fourth-order valence-corrected chi connectivity index (χ4v) is 3.16. The fourth-order valence-electron chi connectivity index (χ4n) is 3.16. The molecule has 0 aromatic heterocycles. The van der Waals surface area contributed by atoms with Gasteiger partial charge in [0.15, 0.2) is 0 Å². The molecule has 2 atom stereocenters. The van der Waals surface area contributed by atoms with Gasteiger partial charge >= 0.3 is 0 Å². The Morgan fingerprint density at radius 2 is 1.88 bits per heavy atom. The lowest BCUT2D eigenvalue weighted by Gasteiger charge is -2.30. The van der Waals surface area contributed by atoms with Crippen LogP contribution in [-0.4, -0.2) is 35.0 Å². The number of carbonyl (C=O) groups excluding carboxylic acids is 1. The van der Waals surface area contributed by atoms with E-state index in [4.69, 9.17) is 11.5 Å². The molecule has 0 bridgehead atoms. The third-order valence-corrected chi connectivity index (χ3v) is 4.67. The summed E-state index contributed by atoms with van der Waals surface area (Å²) < 4.78 is 0. The highest BCUT2D eigenvalue weighted by molar-refractivity contribution is 5.84. The minimum Gasteiger partial charge on any atom is -0.368 e. The minimum atomic E-state index is -0.735. The summed E-state index contributed by atoms with van der Waals surface area (Å²) >= 11 is 0. The van der Waals surface area contributed by atoms with Crippen molar-refractivity contribution in [3.05, 3.63) is 0 Å². The molecule has 3 aliphatic carbocycles. The van der Waals surface area contributed by atoms with E-state index in [1.54, 1.807) is 0 Å². The van der Waals surface area contributed by atoms with Crippen LogP contribution in [0.5, 0.6) is 0 Å². The molecule has 0 saturated heterocycles. The molecule has 0 aliphatic heterocycles. The number of amides is 1. The summed E-state index contributed by atoms with van der Waals surface area (Å²) in [6, 6.07) is 1.27. The van der Waals surface area contributed by atoms with Crippen LogP contribution in [0.3, 0.4) is 0 Å². The van der Waals surface area contributed by atoms with E-state index in [1.807, 2.05) is 0 Å². The zero-order valence-corrected chi connectivity index (χ0v) is 10.4. The van der Waals surface area contributed by atoms with Crippen LogP contribution in [0.15, 0.2) is 0 Å². The summed E-state index contributed by atoms with van der Waals surface area (Å²) in [5.74, 6) is 0.596. The van der Waals surface area contributed by atoms with Crippen molar-refractivity contribution in [1.82, 2.24) is 4.90 Å². The second-order valence-electron chi connectivity index (χ2n) is 6.29.